The Morgan fingerprint density at radius 3 is 3.10 bits per heavy atom. The van der Waals surface area contributed by atoms with E-state index in [0.717, 1.165) is 56.8 Å². The number of nitrogens with zero attached hydrogens (tertiary/aromatic N) is 3. The maximum atomic E-state index is 5.15. The molecule has 1 aromatic rings. The molecule has 0 amide bonds. The van der Waals surface area contributed by atoms with E-state index in [2.05, 4.69) is 27.9 Å². The van der Waals surface area contributed by atoms with Crippen molar-refractivity contribution < 1.29 is 4.74 Å². The fourth-order valence-corrected chi connectivity index (χ4v) is 3.03. The Kier molecular flexibility index (Phi) is 5.86. The Morgan fingerprint density at radius 1 is 1.50 bits per heavy atom. The quantitative estimate of drug-likeness (QED) is 0.772. The van der Waals surface area contributed by atoms with E-state index in [1.165, 1.54) is 12.8 Å². The van der Waals surface area contributed by atoms with E-state index in [9.17, 15) is 0 Å². The maximum Gasteiger partial charge on any atom is 0.205 e. The topological polar surface area (TPSA) is 42.3 Å². The Labute approximate surface area is 122 Å². The molecule has 1 atom stereocenters. The molecule has 114 valence electrons. The molecular weight excluding hydrogens is 252 g/mol. The molecule has 0 aliphatic carbocycles. The van der Waals surface area contributed by atoms with E-state index in [-0.39, 0.29) is 0 Å². The zero-order valence-corrected chi connectivity index (χ0v) is 13.1. The summed E-state index contributed by atoms with van der Waals surface area (Å²) in [6.07, 6.45) is 5.77. The highest BCUT2D eigenvalue weighted by atomic mass is 16.5. The van der Waals surface area contributed by atoms with Crippen molar-refractivity contribution >= 4 is 5.95 Å². The maximum absolute atomic E-state index is 5.15. The third-order valence-electron chi connectivity index (χ3n) is 3.92. The van der Waals surface area contributed by atoms with E-state index in [1.54, 1.807) is 7.11 Å². The van der Waals surface area contributed by atoms with Gasteiger partial charge in [-0.3, -0.25) is 0 Å². The number of anilines is 1. The molecule has 1 aliphatic rings. The predicted molar refractivity (Wildman–Crippen MR) is 82.3 cm³/mol. The minimum atomic E-state index is 0.734. The zero-order chi connectivity index (χ0) is 14.4. The number of rotatable bonds is 7. The van der Waals surface area contributed by atoms with E-state index in [4.69, 9.17) is 9.72 Å². The molecule has 5 heteroatoms. The summed E-state index contributed by atoms with van der Waals surface area (Å²) in [4.78, 5) is 7.18. The molecule has 0 spiro atoms. The van der Waals surface area contributed by atoms with Gasteiger partial charge in [-0.15, -0.1) is 0 Å². The van der Waals surface area contributed by atoms with Crippen LogP contribution in [-0.2, 0) is 11.3 Å². The molecule has 1 aromatic heterocycles. The number of aryl methyl sites for hydroxylation is 2. The number of piperidine rings is 1. The minimum Gasteiger partial charge on any atom is -0.385 e. The lowest BCUT2D eigenvalue weighted by Crippen LogP contribution is -2.40. The van der Waals surface area contributed by atoms with E-state index < -0.39 is 0 Å². The standard InChI is InChI=1S/C15H28N4O/c1-13-11-18(8-5-9-20-3)15(17-13)19-7-4-6-14(12-19)10-16-2/h11,14,16H,4-10,12H2,1-3H3. The van der Waals surface area contributed by atoms with Gasteiger partial charge in [0.15, 0.2) is 0 Å². The fourth-order valence-electron chi connectivity index (χ4n) is 3.03. The van der Waals surface area contributed by atoms with Gasteiger partial charge in [-0.25, -0.2) is 4.98 Å². The van der Waals surface area contributed by atoms with Gasteiger partial charge < -0.3 is 19.5 Å². The van der Waals surface area contributed by atoms with E-state index >= 15 is 0 Å². The largest absolute Gasteiger partial charge is 0.385 e. The van der Waals surface area contributed by atoms with Crippen LogP contribution in [0.15, 0.2) is 6.20 Å². The lowest BCUT2D eigenvalue weighted by Gasteiger charge is -2.33. The molecular formula is C15H28N4O. The van der Waals surface area contributed by atoms with Crippen LogP contribution >= 0.6 is 0 Å². The van der Waals surface area contributed by atoms with E-state index in [0.29, 0.717) is 0 Å². The highest BCUT2D eigenvalue weighted by Gasteiger charge is 2.22. The first-order chi connectivity index (χ1) is 9.74. The van der Waals surface area contributed by atoms with Crippen LogP contribution in [0, 0.1) is 12.8 Å². The lowest BCUT2D eigenvalue weighted by atomic mass is 9.98. The normalized spacial score (nSPS) is 19.6. The van der Waals surface area contributed by atoms with Crippen LogP contribution in [0.4, 0.5) is 5.95 Å². The molecule has 1 aliphatic heterocycles. The van der Waals surface area contributed by atoms with Gasteiger partial charge in [-0.1, -0.05) is 0 Å². The molecule has 2 rings (SSSR count). The molecule has 5 nitrogen and oxygen atoms in total. The number of hydrogen-bond acceptors (Lipinski definition) is 4. The van der Waals surface area contributed by atoms with Gasteiger partial charge in [-0.2, -0.15) is 0 Å². The first-order valence-corrected chi connectivity index (χ1v) is 7.67. The molecule has 0 radical (unpaired) electrons. The molecule has 0 bridgehead atoms. The number of ether oxygens (including phenoxy) is 1. The van der Waals surface area contributed by atoms with Crippen molar-refractivity contribution in [3.05, 3.63) is 11.9 Å². The third-order valence-corrected chi connectivity index (χ3v) is 3.92. The van der Waals surface area contributed by atoms with Gasteiger partial charge >= 0.3 is 0 Å². The number of aromatic nitrogens is 2. The van der Waals surface area contributed by atoms with Crippen LogP contribution in [0.2, 0.25) is 0 Å². The molecule has 1 saturated heterocycles. The second kappa shape index (κ2) is 7.64. The van der Waals surface area contributed by atoms with Gasteiger partial charge in [-0.05, 0) is 45.7 Å². The van der Waals surface area contributed by atoms with Gasteiger partial charge in [0.2, 0.25) is 5.95 Å². The zero-order valence-electron chi connectivity index (χ0n) is 13.1. The average molecular weight is 280 g/mol. The summed E-state index contributed by atoms with van der Waals surface area (Å²) >= 11 is 0. The van der Waals surface area contributed by atoms with Crippen molar-refractivity contribution in [2.24, 2.45) is 5.92 Å². The first kappa shape index (κ1) is 15.3. The summed E-state index contributed by atoms with van der Waals surface area (Å²) < 4.78 is 7.44. The number of methoxy groups -OCH3 is 1. The molecule has 0 saturated carbocycles. The lowest BCUT2D eigenvalue weighted by molar-refractivity contribution is 0.190. The van der Waals surface area contributed by atoms with Gasteiger partial charge in [0.1, 0.15) is 0 Å². The van der Waals surface area contributed by atoms with Crippen LogP contribution in [-0.4, -0.2) is 49.9 Å². The predicted octanol–water partition coefficient (Wildman–Crippen LogP) is 1.66. The monoisotopic (exact) mass is 280 g/mol. The van der Waals surface area contributed by atoms with Gasteiger partial charge in [0, 0.05) is 39.5 Å². The summed E-state index contributed by atoms with van der Waals surface area (Å²) in [6.45, 7) is 7.20. The Hall–Kier alpha value is -1.07. The Balaban J connectivity index is 2.02. The van der Waals surface area contributed by atoms with Crippen LogP contribution in [0.3, 0.4) is 0 Å². The highest BCUT2D eigenvalue weighted by Crippen LogP contribution is 2.22. The van der Waals surface area contributed by atoms with Crippen molar-refractivity contribution in [2.75, 3.05) is 45.3 Å². The van der Waals surface area contributed by atoms with Crippen LogP contribution < -0.4 is 10.2 Å². The van der Waals surface area contributed by atoms with Crippen LogP contribution in [0.5, 0.6) is 0 Å². The third kappa shape index (κ3) is 3.96. The molecule has 0 aromatic carbocycles. The van der Waals surface area contributed by atoms with Crippen LogP contribution in [0.1, 0.15) is 25.0 Å². The summed E-state index contributed by atoms with van der Waals surface area (Å²) in [5, 5.41) is 3.30. The Bertz CT molecular complexity index is 403. The molecule has 20 heavy (non-hydrogen) atoms. The molecule has 1 N–H and O–H groups in total. The van der Waals surface area contributed by atoms with Crippen molar-refractivity contribution in [1.29, 1.82) is 0 Å². The summed E-state index contributed by atoms with van der Waals surface area (Å²) in [6, 6.07) is 0. The highest BCUT2D eigenvalue weighted by molar-refractivity contribution is 5.34. The average Bonchev–Trinajstić information content (AvgIpc) is 2.81. The molecule has 2 heterocycles. The first-order valence-electron chi connectivity index (χ1n) is 7.67. The fraction of sp³-hybridized carbons (Fsp3) is 0.800. The van der Waals surface area contributed by atoms with Crippen molar-refractivity contribution in [2.45, 2.75) is 32.7 Å². The van der Waals surface area contributed by atoms with E-state index in [1.807, 2.05) is 7.05 Å². The van der Waals surface area contributed by atoms with Crippen molar-refractivity contribution in [3.63, 3.8) is 0 Å². The smallest absolute Gasteiger partial charge is 0.205 e. The second-order valence-electron chi connectivity index (χ2n) is 5.73. The van der Waals surface area contributed by atoms with Crippen molar-refractivity contribution in [3.8, 4) is 0 Å². The SMILES string of the molecule is CNCC1CCCN(c2nc(C)cn2CCCOC)C1. The Morgan fingerprint density at radius 2 is 2.35 bits per heavy atom. The van der Waals surface area contributed by atoms with Gasteiger partial charge in [0.05, 0.1) is 5.69 Å². The van der Waals surface area contributed by atoms with Gasteiger partial charge in [0.25, 0.3) is 0 Å². The van der Waals surface area contributed by atoms with Crippen LogP contribution in [0.25, 0.3) is 0 Å². The summed E-state index contributed by atoms with van der Waals surface area (Å²) in [5.74, 6) is 1.87. The molecule has 1 fully saturated rings. The number of nitrogens with one attached hydrogen (secondary N) is 1. The second-order valence-corrected chi connectivity index (χ2v) is 5.73. The van der Waals surface area contributed by atoms with Crippen molar-refractivity contribution in [1.82, 2.24) is 14.9 Å². The molecule has 1 unspecified atom stereocenters. The number of imidazole rings is 1. The number of hydrogen-bond donors (Lipinski definition) is 1. The minimum absolute atomic E-state index is 0.734. The summed E-state index contributed by atoms with van der Waals surface area (Å²) in [7, 11) is 3.79. The summed E-state index contributed by atoms with van der Waals surface area (Å²) in [5.41, 5.74) is 1.10.